The molecule has 12 heavy (non-hydrogen) atoms. The van der Waals surface area contributed by atoms with Crippen molar-refractivity contribution in [1.29, 1.82) is 0 Å². The summed E-state index contributed by atoms with van der Waals surface area (Å²) in [5.74, 6) is 0. The van der Waals surface area contributed by atoms with E-state index in [9.17, 15) is 4.79 Å². The molecule has 0 aliphatic rings. The van der Waals surface area contributed by atoms with Gasteiger partial charge in [-0.3, -0.25) is 0 Å². The van der Waals surface area contributed by atoms with E-state index in [1.807, 2.05) is 0 Å². The first-order chi connectivity index (χ1) is 5.83. The van der Waals surface area contributed by atoms with Crippen molar-refractivity contribution in [3.05, 3.63) is 12.7 Å². The molecular formula is C6H10N5O. The summed E-state index contributed by atoms with van der Waals surface area (Å²) in [7, 11) is 1.57. The second-order valence-corrected chi connectivity index (χ2v) is 2.13. The second-order valence-electron chi connectivity index (χ2n) is 2.13. The van der Waals surface area contributed by atoms with Crippen LogP contribution >= 0.6 is 0 Å². The van der Waals surface area contributed by atoms with Crippen molar-refractivity contribution in [2.45, 2.75) is 6.54 Å². The number of nitrogens with zero attached hydrogens (tertiary/aromatic N) is 3. The summed E-state index contributed by atoms with van der Waals surface area (Å²) in [6, 6.07) is -0.192. The molecule has 1 aromatic heterocycles. The van der Waals surface area contributed by atoms with E-state index in [1.54, 1.807) is 17.9 Å². The highest BCUT2D eigenvalue weighted by atomic mass is 16.2. The number of nitrogens with one attached hydrogen (secondary N) is 2. The third-order valence-corrected chi connectivity index (χ3v) is 1.29. The van der Waals surface area contributed by atoms with Gasteiger partial charge < -0.3 is 15.2 Å². The highest BCUT2D eigenvalue weighted by Crippen LogP contribution is 1.78. The van der Waals surface area contributed by atoms with E-state index in [1.165, 1.54) is 0 Å². The molecule has 0 aliphatic carbocycles. The largest absolute Gasteiger partial charge is 0.341 e. The van der Waals surface area contributed by atoms with Crippen LogP contribution in [0.15, 0.2) is 6.33 Å². The van der Waals surface area contributed by atoms with Gasteiger partial charge >= 0.3 is 6.03 Å². The van der Waals surface area contributed by atoms with Gasteiger partial charge in [0.25, 0.3) is 0 Å². The topological polar surface area (TPSA) is 71.8 Å². The average Bonchev–Trinajstić information content (AvgIpc) is 2.57. The van der Waals surface area contributed by atoms with Crippen molar-refractivity contribution in [2.75, 3.05) is 13.6 Å². The predicted octanol–water partition coefficient (Wildman–Crippen LogP) is -0.993. The zero-order valence-corrected chi connectivity index (χ0v) is 6.74. The Kier molecular flexibility index (Phi) is 3.06. The van der Waals surface area contributed by atoms with Crippen LogP contribution in [0.1, 0.15) is 0 Å². The fraction of sp³-hybridized carbons (Fsp3) is 0.500. The van der Waals surface area contributed by atoms with Crippen LogP contribution in [0.3, 0.4) is 0 Å². The highest BCUT2D eigenvalue weighted by molar-refractivity contribution is 5.73. The molecule has 0 saturated heterocycles. The Bertz CT molecular complexity index is 232. The first-order valence-corrected chi connectivity index (χ1v) is 3.54. The van der Waals surface area contributed by atoms with Crippen LogP contribution in [0.5, 0.6) is 0 Å². The molecule has 65 valence electrons. The van der Waals surface area contributed by atoms with Crippen LogP contribution in [0.4, 0.5) is 4.79 Å². The van der Waals surface area contributed by atoms with Crippen molar-refractivity contribution in [3.63, 3.8) is 0 Å². The molecule has 6 nitrogen and oxygen atoms in total. The molecule has 2 amide bonds. The van der Waals surface area contributed by atoms with Crippen molar-refractivity contribution < 1.29 is 4.79 Å². The third-order valence-electron chi connectivity index (χ3n) is 1.29. The first-order valence-electron chi connectivity index (χ1n) is 3.54. The van der Waals surface area contributed by atoms with E-state index < -0.39 is 0 Å². The Morgan fingerprint density at radius 1 is 1.75 bits per heavy atom. The molecule has 6 heteroatoms. The van der Waals surface area contributed by atoms with E-state index in [2.05, 4.69) is 27.2 Å². The molecule has 1 heterocycles. The maximum atomic E-state index is 10.7. The third kappa shape index (κ3) is 2.57. The molecule has 1 rings (SSSR count). The van der Waals surface area contributed by atoms with E-state index in [-0.39, 0.29) is 6.03 Å². The fourth-order valence-corrected chi connectivity index (χ4v) is 0.683. The maximum absolute atomic E-state index is 10.7. The van der Waals surface area contributed by atoms with E-state index in [0.717, 1.165) is 0 Å². The number of rotatable bonds is 3. The molecule has 0 bridgehead atoms. The van der Waals surface area contributed by atoms with Gasteiger partial charge in [0.05, 0.1) is 0 Å². The lowest BCUT2D eigenvalue weighted by molar-refractivity contribution is 0.242. The Balaban J connectivity index is 2.15. The summed E-state index contributed by atoms with van der Waals surface area (Å²) >= 11 is 0. The number of hydrogen-bond donors (Lipinski definition) is 2. The molecule has 0 aliphatic heterocycles. The number of hydrogen-bond acceptors (Lipinski definition) is 3. The monoisotopic (exact) mass is 168 g/mol. The number of aromatic nitrogens is 3. The molecule has 0 spiro atoms. The minimum Gasteiger partial charge on any atom is -0.341 e. The van der Waals surface area contributed by atoms with Crippen LogP contribution in [0.25, 0.3) is 0 Å². The van der Waals surface area contributed by atoms with Gasteiger partial charge in [-0.05, 0) is 0 Å². The molecule has 0 fully saturated rings. The molecule has 2 N–H and O–H groups in total. The lowest BCUT2D eigenvalue weighted by Crippen LogP contribution is -2.34. The van der Waals surface area contributed by atoms with Gasteiger partial charge in [0.2, 0.25) is 6.33 Å². The number of urea groups is 1. The second kappa shape index (κ2) is 4.32. The summed E-state index contributed by atoms with van der Waals surface area (Å²) < 4.78 is 1.66. The Hall–Kier alpha value is -1.59. The maximum Gasteiger partial charge on any atom is 0.314 e. The highest BCUT2D eigenvalue weighted by Gasteiger charge is 1.94. The van der Waals surface area contributed by atoms with Crippen molar-refractivity contribution >= 4 is 6.03 Å². The molecule has 0 saturated carbocycles. The van der Waals surface area contributed by atoms with Crippen LogP contribution in [0, 0.1) is 6.33 Å². The lowest BCUT2D eigenvalue weighted by Gasteiger charge is -2.02. The summed E-state index contributed by atoms with van der Waals surface area (Å²) in [5, 5.41) is 12.1. The van der Waals surface area contributed by atoms with Crippen LogP contribution in [-0.2, 0) is 6.54 Å². The standard InChI is InChI=1S/C6H10N5O/c1-7-6(12)8-2-3-11-4-9-10-5-11/h4H,2-3H2,1H3,(H2,7,8,12). The molecule has 0 unspecified atom stereocenters. The van der Waals surface area contributed by atoms with Crippen molar-refractivity contribution in [3.8, 4) is 0 Å². The van der Waals surface area contributed by atoms with Gasteiger partial charge in [-0.1, -0.05) is 0 Å². The molecule has 1 radical (unpaired) electrons. The predicted molar refractivity (Wildman–Crippen MR) is 41.3 cm³/mol. The molecular weight excluding hydrogens is 158 g/mol. The average molecular weight is 168 g/mol. The minimum absolute atomic E-state index is 0.192. The van der Waals surface area contributed by atoms with Crippen molar-refractivity contribution in [2.24, 2.45) is 0 Å². The zero-order chi connectivity index (χ0) is 8.81. The number of amides is 2. The Labute approximate surface area is 70.0 Å². The Morgan fingerprint density at radius 2 is 2.58 bits per heavy atom. The molecule has 0 atom stereocenters. The summed E-state index contributed by atoms with van der Waals surface area (Å²) in [6.45, 7) is 1.16. The molecule has 0 aromatic carbocycles. The van der Waals surface area contributed by atoms with Gasteiger partial charge in [0.1, 0.15) is 6.33 Å². The van der Waals surface area contributed by atoms with E-state index in [0.29, 0.717) is 13.1 Å². The van der Waals surface area contributed by atoms with Gasteiger partial charge in [-0.15, -0.1) is 10.2 Å². The fourth-order valence-electron chi connectivity index (χ4n) is 0.683. The van der Waals surface area contributed by atoms with Crippen LogP contribution in [0.2, 0.25) is 0 Å². The van der Waals surface area contributed by atoms with Crippen LogP contribution in [-0.4, -0.2) is 34.4 Å². The SMILES string of the molecule is CNC(=O)NCCn1[c]nnc1. The minimum atomic E-state index is -0.192. The smallest absolute Gasteiger partial charge is 0.314 e. The normalized spacial score (nSPS) is 9.42. The quantitative estimate of drug-likeness (QED) is 0.608. The van der Waals surface area contributed by atoms with E-state index >= 15 is 0 Å². The van der Waals surface area contributed by atoms with Crippen molar-refractivity contribution in [1.82, 2.24) is 25.4 Å². The zero-order valence-electron chi connectivity index (χ0n) is 6.74. The van der Waals surface area contributed by atoms with Gasteiger partial charge in [-0.2, -0.15) is 0 Å². The number of carbonyl (C=O) groups is 1. The summed E-state index contributed by atoms with van der Waals surface area (Å²) in [5.41, 5.74) is 0. The lowest BCUT2D eigenvalue weighted by atomic mass is 10.6. The van der Waals surface area contributed by atoms with Gasteiger partial charge in [0.15, 0.2) is 0 Å². The first kappa shape index (κ1) is 8.51. The van der Waals surface area contributed by atoms with Gasteiger partial charge in [0, 0.05) is 20.1 Å². The van der Waals surface area contributed by atoms with Crippen LogP contribution < -0.4 is 10.6 Å². The number of carbonyl (C=O) groups excluding carboxylic acids is 1. The van der Waals surface area contributed by atoms with Gasteiger partial charge in [-0.25, -0.2) is 4.79 Å². The van der Waals surface area contributed by atoms with E-state index in [4.69, 9.17) is 0 Å². The summed E-state index contributed by atoms with van der Waals surface area (Å²) in [4.78, 5) is 10.7. The Morgan fingerprint density at radius 3 is 3.17 bits per heavy atom. The summed E-state index contributed by atoms with van der Waals surface area (Å²) in [6.07, 6.45) is 4.16. The molecule has 1 aromatic rings.